The zero-order valence-electron chi connectivity index (χ0n) is 11.2. The molecule has 1 aromatic carbocycles. The number of hydrogen-bond acceptors (Lipinski definition) is 3. The van der Waals surface area contributed by atoms with Crippen molar-refractivity contribution in [3.05, 3.63) is 52.5 Å². The number of hydrogen-bond donors (Lipinski definition) is 1. The van der Waals surface area contributed by atoms with Gasteiger partial charge in [-0.25, -0.2) is 0 Å². The molecule has 0 bridgehead atoms. The number of anilines is 1. The molecule has 0 unspecified atom stereocenters. The fraction of sp³-hybridized carbons (Fsp3) is 0.0667. The van der Waals surface area contributed by atoms with Crippen LogP contribution in [0.1, 0.15) is 4.88 Å². The van der Waals surface area contributed by atoms with Gasteiger partial charge in [-0.15, -0.1) is 11.3 Å². The maximum absolute atomic E-state index is 11.8. The molecular weight excluding hydrogens is 306 g/mol. The summed E-state index contributed by atoms with van der Waals surface area (Å²) in [6, 6.07) is 9.63. The Labute approximate surface area is 130 Å². The first-order valence-electron chi connectivity index (χ1n) is 6.29. The SMILES string of the molecule is Cn1ccc(NC(=O)/C=C/c2sc3ccccc3c2Cl)n1. The largest absolute Gasteiger partial charge is 0.306 e. The monoisotopic (exact) mass is 317 g/mol. The Hall–Kier alpha value is -2.11. The van der Waals surface area contributed by atoms with Gasteiger partial charge in [0.1, 0.15) is 0 Å². The molecule has 0 atom stereocenters. The molecule has 0 aliphatic carbocycles. The summed E-state index contributed by atoms with van der Waals surface area (Å²) in [6.07, 6.45) is 4.96. The van der Waals surface area contributed by atoms with Crippen molar-refractivity contribution >= 4 is 50.8 Å². The van der Waals surface area contributed by atoms with Crippen LogP contribution in [0.2, 0.25) is 5.02 Å². The van der Waals surface area contributed by atoms with Crippen molar-refractivity contribution in [1.29, 1.82) is 0 Å². The molecule has 1 amide bonds. The number of benzene rings is 1. The lowest BCUT2D eigenvalue weighted by molar-refractivity contribution is -0.111. The molecule has 0 radical (unpaired) electrons. The Bertz CT molecular complexity index is 834. The highest BCUT2D eigenvalue weighted by molar-refractivity contribution is 7.20. The highest BCUT2D eigenvalue weighted by Gasteiger charge is 2.07. The molecule has 6 heteroatoms. The minimum Gasteiger partial charge on any atom is -0.306 e. The number of fused-ring (bicyclic) bond motifs is 1. The van der Waals surface area contributed by atoms with Gasteiger partial charge in [0.2, 0.25) is 5.91 Å². The lowest BCUT2D eigenvalue weighted by Gasteiger charge is -1.95. The molecule has 3 aromatic rings. The summed E-state index contributed by atoms with van der Waals surface area (Å²) in [6.45, 7) is 0. The number of aryl methyl sites for hydroxylation is 1. The van der Waals surface area contributed by atoms with E-state index in [0.29, 0.717) is 10.8 Å². The second kappa shape index (κ2) is 5.71. The van der Waals surface area contributed by atoms with Crippen molar-refractivity contribution in [3.8, 4) is 0 Å². The number of carbonyl (C=O) groups excluding carboxylic acids is 1. The van der Waals surface area contributed by atoms with Gasteiger partial charge >= 0.3 is 0 Å². The smallest absolute Gasteiger partial charge is 0.249 e. The van der Waals surface area contributed by atoms with E-state index in [1.165, 1.54) is 6.08 Å². The van der Waals surface area contributed by atoms with Crippen molar-refractivity contribution in [2.75, 3.05) is 5.32 Å². The lowest BCUT2D eigenvalue weighted by Crippen LogP contribution is -2.08. The number of nitrogens with zero attached hydrogens (tertiary/aromatic N) is 2. The highest BCUT2D eigenvalue weighted by Crippen LogP contribution is 2.35. The third-order valence-corrected chi connectivity index (χ3v) is 4.57. The number of rotatable bonds is 3. The summed E-state index contributed by atoms with van der Waals surface area (Å²) < 4.78 is 2.73. The van der Waals surface area contributed by atoms with Crippen molar-refractivity contribution in [2.45, 2.75) is 0 Å². The van der Waals surface area contributed by atoms with Crippen LogP contribution in [0.3, 0.4) is 0 Å². The van der Waals surface area contributed by atoms with Crippen LogP contribution in [0.4, 0.5) is 5.82 Å². The van der Waals surface area contributed by atoms with E-state index in [1.807, 2.05) is 24.3 Å². The molecule has 3 rings (SSSR count). The van der Waals surface area contributed by atoms with E-state index >= 15 is 0 Å². The Balaban J connectivity index is 1.78. The first-order valence-corrected chi connectivity index (χ1v) is 7.48. The second-order valence-electron chi connectivity index (χ2n) is 4.47. The highest BCUT2D eigenvalue weighted by atomic mass is 35.5. The number of amides is 1. The Kier molecular flexibility index (Phi) is 3.77. The van der Waals surface area contributed by atoms with Crippen molar-refractivity contribution in [3.63, 3.8) is 0 Å². The van der Waals surface area contributed by atoms with E-state index in [1.54, 1.807) is 41.4 Å². The Morgan fingerprint density at radius 3 is 2.90 bits per heavy atom. The van der Waals surface area contributed by atoms with Crippen LogP contribution < -0.4 is 5.32 Å². The molecule has 0 aliphatic rings. The predicted octanol–water partition coefficient (Wildman–Crippen LogP) is 3.94. The van der Waals surface area contributed by atoms with Crippen LogP contribution in [-0.4, -0.2) is 15.7 Å². The van der Waals surface area contributed by atoms with E-state index < -0.39 is 0 Å². The predicted molar refractivity (Wildman–Crippen MR) is 87.7 cm³/mol. The normalized spacial score (nSPS) is 11.3. The fourth-order valence-electron chi connectivity index (χ4n) is 1.94. The van der Waals surface area contributed by atoms with Gasteiger partial charge in [0, 0.05) is 40.4 Å². The third-order valence-electron chi connectivity index (χ3n) is 2.91. The van der Waals surface area contributed by atoms with Crippen LogP contribution in [-0.2, 0) is 11.8 Å². The maximum atomic E-state index is 11.8. The Morgan fingerprint density at radius 1 is 1.38 bits per heavy atom. The molecule has 0 saturated heterocycles. The molecule has 0 saturated carbocycles. The van der Waals surface area contributed by atoms with Crippen LogP contribution in [0.15, 0.2) is 42.6 Å². The topological polar surface area (TPSA) is 46.9 Å². The number of nitrogens with one attached hydrogen (secondary N) is 1. The molecule has 21 heavy (non-hydrogen) atoms. The molecule has 1 N–H and O–H groups in total. The molecule has 4 nitrogen and oxygen atoms in total. The molecular formula is C15H12ClN3OS. The van der Waals surface area contributed by atoms with E-state index in [0.717, 1.165) is 15.0 Å². The molecule has 0 spiro atoms. The summed E-state index contributed by atoms with van der Waals surface area (Å²) in [5.41, 5.74) is 0. The number of carbonyl (C=O) groups is 1. The maximum Gasteiger partial charge on any atom is 0.249 e. The second-order valence-corrected chi connectivity index (χ2v) is 5.94. The quantitative estimate of drug-likeness (QED) is 0.744. The minimum atomic E-state index is -0.234. The summed E-state index contributed by atoms with van der Waals surface area (Å²) in [5.74, 6) is 0.289. The summed E-state index contributed by atoms with van der Waals surface area (Å²) in [7, 11) is 1.79. The van der Waals surface area contributed by atoms with Crippen molar-refractivity contribution in [2.24, 2.45) is 7.05 Å². The van der Waals surface area contributed by atoms with E-state index in [-0.39, 0.29) is 5.91 Å². The average molecular weight is 318 g/mol. The van der Waals surface area contributed by atoms with Gasteiger partial charge in [-0.2, -0.15) is 5.10 Å². The van der Waals surface area contributed by atoms with E-state index in [2.05, 4.69) is 10.4 Å². The first-order chi connectivity index (χ1) is 10.1. The molecule has 2 aromatic heterocycles. The first kappa shape index (κ1) is 13.9. The van der Waals surface area contributed by atoms with Crippen molar-refractivity contribution < 1.29 is 4.79 Å². The van der Waals surface area contributed by atoms with Gasteiger partial charge in [-0.05, 0) is 12.1 Å². The van der Waals surface area contributed by atoms with Crippen LogP contribution in [0.25, 0.3) is 16.2 Å². The van der Waals surface area contributed by atoms with Crippen molar-refractivity contribution in [1.82, 2.24) is 9.78 Å². The fourth-order valence-corrected chi connectivity index (χ4v) is 3.34. The number of thiophene rings is 1. The molecule has 106 valence electrons. The van der Waals surface area contributed by atoms with Gasteiger partial charge in [0.15, 0.2) is 5.82 Å². The zero-order chi connectivity index (χ0) is 14.8. The summed E-state index contributed by atoms with van der Waals surface area (Å²) in [4.78, 5) is 12.7. The van der Waals surface area contributed by atoms with E-state index in [9.17, 15) is 4.79 Å². The third kappa shape index (κ3) is 2.99. The zero-order valence-corrected chi connectivity index (χ0v) is 12.8. The minimum absolute atomic E-state index is 0.234. The summed E-state index contributed by atoms with van der Waals surface area (Å²) >= 11 is 7.87. The average Bonchev–Trinajstić information content (AvgIpc) is 3.01. The summed E-state index contributed by atoms with van der Waals surface area (Å²) in [5, 5.41) is 8.46. The van der Waals surface area contributed by atoms with Crippen LogP contribution >= 0.6 is 22.9 Å². The Morgan fingerprint density at radius 2 is 2.19 bits per heavy atom. The number of aromatic nitrogens is 2. The standard InChI is InChI=1S/C15H12ClN3OS/c1-19-9-8-13(18-19)17-14(20)7-6-12-15(16)10-4-2-3-5-11(10)21-12/h2-9H,1H3,(H,17,18,20)/b7-6+. The van der Waals surface area contributed by atoms with E-state index in [4.69, 9.17) is 11.6 Å². The molecule has 0 fully saturated rings. The lowest BCUT2D eigenvalue weighted by atomic mass is 10.2. The van der Waals surface area contributed by atoms with Gasteiger partial charge in [-0.3, -0.25) is 9.48 Å². The van der Waals surface area contributed by atoms with Gasteiger partial charge in [-0.1, -0.05) is 29.8 Å². The molecule has 2 heterocycles. The van der Waals surface area contributed by atoms with Gasteiger partial charge in [0.25, 0.3) is 0 Å². The molecule has 0 aliphatic heterocycles. The number of halogens is 1. The van der Waals surface area contributed by atoms with Gasteiger partial charge < -0.3 is 5.32 Å². The van der Waals surface area contributed by atoms with Gasteiger partial charge in [0.05, 0.1) is 5.02 Å². The van der Waals surface area contributed by atoms with Crippen LogP contribution in [0.5, 0.6) is 0 Å². The van der Waals surface area contributed by atoms with Crippen LogP contribution in [0, 0.1) is 0 Å².